The first kappa shape index (κ1) is 10.6. The third kappa shape index (κ3) is 2.35. The van der Waals surface area contributed by atoms with Gasteiger partial charge in [0.25, 0.3) is 0 Å². The Labute approximate surface area is 96.7 Å². The Hall–Kier alpha value is -1.94. The molecular weight excluding hydrogens is 222 g/mol. The second-order valence-electron chi connectivity index (χ2n) is 3.12. The molecule has 2 heterocycles. The average molecular weight is 231 g/mol. The number of aromatic nitrogens is 1. The van der Waals surface area contributed by atoms with Crippen LogP contribution in [0.15, 0.2) is 36.0 Å². The van der Waals surface area contributed by atoms with Gasteiger partial charge in [-0.25, -0.2) is 4.79 Å². The van der Waals surface area contributed by atoms with Crippen molar-refractivity contribution in [1.29, 1.82) is 0 Å². The van der Waals surface area contributed by atoms with Crippen LogP contribution in [0.25, 0.3) is 12.2 Å². The van der Waals surface area contributed by atoms with E-state index in [9.17, 15) is 4.79 Å². The fourth-order valence-corrected chi connectivity index (χ4v) is 1.91. The predicted octanol–water partition coefficient (Wildman–Crippen LogP) is 3.01. The Morgan fingerprint density at radius 1 is 1.38 bits per heavy atom. The van der Waals surface area contributed by atoms with Crippen LogP contribution in [0.4, 0.5) is 0 Å². The van der Waals surface area contributed by atoms with E-state index < -0.39 is 5.97 Å². The third-order valence-corrected chi connectivity index (χ3v) is 2.89. The molecule has 0 unspecified atom stereocenters. The molecule has 3 nitrogen and oxygen atoms in total. The lowest BCUT2D eigenvalue weighted by atomic mass is 10.1. The van der Waals surface area contributed by atoms with Gasteiger partial charge in [0.05, 0.1) is 5.56 Å². The Balaban J connectivity index is 2.31. The molecule has 0 fully saturated rings. The number of carboxylic acids is 1. The van der Waals surface area contributed by atoms with Crippen molar-refractivity contribution in [1.82, 2.24) is 4.98 Å². The van der Waals surface area contributed by atoms with Gasteiger partial charge in [-0.1, -0.05) is 12.1 Å². The van der Waals surface area contributed by atoms with E-state index in [-0.39, 0.29) is 5.56 Å². The highest BCUT2D eigenvalue weighted by Gasteiger charge is 2.06. The standard InChI is InChI=1S/C12H9NO2S/c14-12(15)11-8-13-6-5-9(11)3-4-10-2-1-7-16-10/h1-8H,(H,14,15)/b4-3+. The maximum Gasteiger partial charge on any atom is 0.337 e. The van der Waals surface area contributed by atoms with E-state index in [0.717, 1.165) is 4.88 Å². The molecule has 2 aromatic heterocycles. The molecule has 80 valence electrons. The van der Waals surface area contributed by atoms with Crippen LogP contribution in [0.3, 0.4) is 0 Å². The molecule has 1 N–H and O–H groups in total. The Bertz CT molecular complexity index is 518. The van der Waals surface area contributed by atoms with Crippen molar-refractivity contribution in [3.63, 3.8) is 0 Å². The Kier molecular flexibility index (Phi) is 3.12. The van der Waals surface area contributed by atoms with Gasteiger partial charge in [-0.15, -0.1) is 11.3 Å². The maximum absolute atomic E-state index is 10.9. The first-order valence-corrected chi connectivity index (χ1v) is 5.54. The first-order chi connectivity index (χ1) is 7.77. The monoisotopic (exact) mass is 231 g/mol. The number of nitrogens with zero attached hydrogens (tertiary/aromatic N) is 1. The molecule has 4 heteroatoms. The van der Waals surface area contributed by atoms with Gasteiger partial charge in [0, 0.05) is 17.3 Å². The molecule has 0 saturated carbocycles. The second kappa shape index (κ2) is 4.72. The molecule has 0 atom stereocenters. The highest BCUT2D eigenvalue weighted by atomic mass is 32.1. The molecule has 0 saturated heterocycles. The molecule has 0 amide bonds. The summed E-state index contributed by atoms with van der Waals surface area (Å²) in [5.74, 6) is -0.959. The van der Waals surface area contributed by atoms with E-state index in [0.29, 0.717) is 5.56 Å². The second-order valence-corrected chi connectivity index (χ2v) is 4.10. The van der Waals surface area contributed by atoms with Gasteiger partial charge in [-0.3, -0.25) is 4.98 Å². The SMILES string of the molecule is O=C(O)c1cnccc1/C=C/c1cccs1. The molecule has 0 aliphatic rings. The van der Waals surface area contributed by atoms with Crippen LogP contribution in [0.2, 0.25) is 0 Å². The van der Waals surface area contributed by atoms with Crippen molar-refractivity contribution < 1.29 is 9.90 Å². The number of aromatic carboxylic acids is 1. The van der Waals surface area contributed by atoms with Crippen molar-refractivity contribution in [2.24, 2.45) is 0 Å². The van der Waals surface area contributed by atoms with Crippen molar-refractivity contribution in [2.45, 2.75) is 0 Å². The van der Waals surface area contributed by atoms with Crippen LogP contribution in [-0.4, -0.2) is 16.1 Å². The van der Waals surface area contributed by atoms with Crippen LogP contribution in [0.1, 0.15) is 20.8 Å². The van der Waals surface area contributed by atoms with E-state index in [2.05, 4.69) is 4.98 Å². The Morgan fingerprint density at radius 2 is 2.25 bits per heavy atom. The number of rotatable bonds is 3. The molecule has 0 aromatic carbocycles. The summed E-state index contributed by atoms with van der Waals surface area (Å²) in [6.45, 7) is 0. The molecule has 0 bridgehead atoms. The summed E-state index contributed by atoms with van der Waals surface area (Å²) in [7, 11) is 0. The van der Waals surface area contributed by atoms with Gasteiger partial charge < -0.3 is 5.11 Å². The average Bonchev–Trinajstić information content (AvgIpc) is 2.79. The van der Waals surface area contributed by atoms with Gasteiger partial charge in [-0.05, 0) is 29.2 Å². The van der Waals surface area contributed by atoms with Crippen molar-refractivity contribution in [3.05, 3.63) is 52.0 Å². The summed E-state index contributed by atoms with van der Waals surface area (Å²) >= 11 is 1.61. The van der Waals surface area contributed by atoms with Crippen molar-refractivity contribution in [2.75, 3.05) is 0 Å². The topological polar surface area (TPSA) is 50.2 Å². The van der Waals surface area contributed by atoms with Crippen molar-refractivity contribution >= 4 is 29.5 Å². The highest BCUT2D eigenvalue weighted by Crippen LogP contribution is 2.15. The molecule has 2 rings (SSSR count). The summed E-state index contributed by atoms with van der Waals surface area (Å²) in [5, 5.41) is 10.9. The van der Waals surface area contributed by atoms with Gasteiger partial charge >= 0.3 is 5.97 Å². The van der Waals surface area contributed by atoms with E-state index >= 15 is 0 Å². The van der Waals surface area contributed by atoms with E-state index in [1.54, 1.807) is 29.7 Å². The van der Waals surface area contributed by atoms with Gasteiger partial charge in [0.15, 0.2) is 0 Å². The zero-order valence-electron chi connectivity index (χ0n) is 8.33. The van der Waals surface area contributed by atoms with Crippen LogP contribution >= 0.6 is 11.3 Å². The van der Waals surface area contributed by atoms with E-state index in [1.807, 2.05) is 23.6 Å². The summed E-state index contributed by atoms with van der Waals surface area (Å²) in [4.78, 5) is 15.8. The summed E-state index contributed by atoms with van der Waals surface area (Å²) in [5.41, 5.74) is 0.881. The normalized spacial score (nSPS) is 10.8. The number of thiophene rings is 1. The zero-order chi connectivity index (χ0) is 11.4. The molecular formula is C12H9NO2S. The van der Waals surface area contributed by atoms with Crippen LogP contribution < -0.4 is 0 Å². The molecule has 0 aliphatic heterocycles. The van der Waals surface area contributed by atoms with Crippen LogP contribution in [0.5, 0.6) is 0 Å². The van der Waals surface area contributed by atoms with Gasteiger partial charge in [-0.2, -0.15) is 0 Å². The highest BCUT2D eigenvalue weighted by molar-refractivity contribution is 7.10. The summed E-state index contributed by atoms with van der Waals surface area (Å²) < 4.78 is 0. The lowest BCUT2D eigenvalue weighted by molar-refractivity contribution is 0.0696. The Morgan fingerprint density at radius 3 is 2.94 bits per heavy atom. The molecule has 2 aromatic rings. The minimum Gasteiger partial charge on any atom is -0.478 e. The number of hydrogen-bond acceptors (Lipinski definition) is 3. The maximum atomic E-state index is 10.9. The lowest BCUT2D eigenvalue weighted by Crippen LogP contribution is -1.99. The van der Waals surface area contributed by atoms with Gasteiger partial charge in [0.2, 0.25) is 0 Å². The molecule has 0 spiro atoms. The number of hydrogen-bond donors (Lipinski definition) is 1. The largest absolute Gasteiger partial charge is 0.478 e. The lowest BCUT2D eigenvalue weighted by Gasteiger charge is -1.98. The smallest absolute Gasteiger partial charge is 0.337 e. The number of pyridine rings is 1. The minimum absolute atomic E-state index is 0.218. The predicted molar refractivity (Wildman–Crippen MR) is 64.4 cm³/mol. The molecule has 16 heavy (non-hydrogen) atoms. The van der Waals surface area contributed by atoms with Crippen molar-refractivity contribution in [3.8, 4) is 0 Å². The van der Waals surface area contributed by atoms with Crippen LogP contribution in [-0.2, 0) is 0 Å². The fourth-order valence-electron chi connectivity index (χ4n) is 1.29. The molecule has 0 radical (unpaired) electrons. The first-order valence-electron chi connectivity index (χ1n) is 4.66. The fraction of sp³-hybridized carbons (Fsp3) is 0. The van der Waals surface area contributed by atoms with E-state index in [4.69, 9.17) is 5.11 Å². The minimum atomic E-state index is -0.959. The van der Waals surface area contributed by atoms with Gasteiger partial charge in [0.1, 0.15) is 0 Å². The summed E-state index contributed by atoms with van der Waals surface area (Å²) in [6.07, 6.45) is 6.63. The summed E-state index contributed by atoms with van der Waals surface area (Å²) in [6, 6.07) is 5.62. The zero-order valence-corrected chi connectivity index (χ0v) is 9.15. The van der Waals surface area contributed by atoms with Crippen LogP contribution in [0, 0.1) is 0 Å². The molecule has 0 aliphatic carbocycles. The number of carbonyl (C=O) groups is 1. The number of carboxylic acid groups (broad SMARTS) is 1. The van der Waals surface area contributed by atoms with E-state index in [1.165, 1.54) is 6.20 Å². The third-order valence-electron chi connectivity index (χ3n) is 2.06. The quantitative estimate of drug-likeness (QED) is 0.883.